The average molecular weight is 854 g/mol. The molecule has 4 atom stereocenters. The maximum Gasteiger partial charge on any atom is 0.326 e. The highest BCUT2D eigenvalue weighted by atomic mass is 16.4. The number of carbonyl (C=O) groups excluding carboxylic acids is 5. The lowest BCUT2D eigenvalue weighted by molar-refractivity contribution is -0.141. The molecule has 0 aliphatic heterocycles. The van der Waals surface area contributed by atoms with Gasteiger partial charge in [0.05, 0.1) is 6.04 Å². The van der Waals surface area contributed by atoms with Crippen molar-refractivity contribution in [1.29, 1.82) is 0 Å². The number of urea groups is 1. The summed E-state index contributed by atoms with van der Waals surface area (Å²) in [6, 6.07) is 8.30. The normalized spacial score (nSPS) is 16.8. The summed E-state index contributed by atoms with van der Waals surface area (Å²) in [5.41, 5.74) is 6.56. The van der Waals surface area contributed by atoms with E-state index < -0.39 is 60.4 Å². The van der Waals surface area contributed by atoms with Crippen LogP contribution in [0.4, 0.5) is 4.79 Å². The van der Waals surface area contributed by atoms with Gasteiger partial charge in [0.25, 0.3) is 0 Å². The molecular weight excluding hydrogens is 791 g/mol. The number of benzene rings is 2. The van der Waals surface area contributed by atoms with Gasteiger partial charge in [0, 0.05) is 44.8 Å². The van der Waals surface area contributed by atoms with Crippen molar-refractivity contribution in [3.63, 3.8) is 0 Å². The van der Waals surface area contributed by atoms with Crippen LogP contribution in [0.15, 0.2) is 42.5 Å². The van der Waals surface area contributed by atoms with Gasteiger partial charge in [-0.15, -0.1) is 0 Å². The monoisotopic (exact) mass is 853 g/mol. The molecule has 61 heavy (non-hydrogen) atoms. The number of amides is 6. The van der Waals surface area contributed by atoms with Crippen molar-refractivity contribution in [2.75, 3.05) is 19.6 Å². The zero-order valence-corrected chi connectivity index (χ0v) is 34.9. The van der Waals surface area contributed by atoms with Crippen LogP contribution in [0.1, 0.15) is 102 Å². The van der Waals surface area contributed by atoms with Gasteiger partial charge in [0.2, 0.25) is 23.6 Å². The van der Waals surface area contributed by atoms with Gasteiger partial charge >= 0.3 is 23.9 Å². The van der Waals surface area contributed by atoms with Gasteiger partial charge in [-0.2, -0.15) is 0 Å². The smallest absolute Gasteiger partial charge is 0.326 e. The molecule has 3 rings (SSSR count). The number of nitrogens with two attached hydrogens (primary N) is 1. The summed E-state index contributed by atoms with van der Waals surface area (Å²) in [7, 11) is 0. The molecular formula is C43H63N7O11. The number of hydrogen-bond acceptors (Lipinski definition) is 9. The quantitative estimate of drug-likeness (QED) is 0.0581. The van der Waals surface area contributed by atoms with Crippen molar-refractivity contribution in [1.82, 2.24) is 31.9 Å². The van der Waals surface area contributed by atoms with Gasteiger partial charge in [-0.25, -0.2) is 14.4 Å². The molecule has 18 nitrogen and oxygen atoms in total. The SMILES string of the molecule is CC[C@H](N)C(=O)NCCCCCC(=O)NCC1CCC(C(=O)N[C@@H](Cc2ccc3ccccc3c2)C(=O)NCCCC[C@H](NC(=O)N[C@@H](CCC(=O)O)C(=O)O)C(=O)O)CC1. The van der Waals surface area contributed by atoms with Crippen LogP contribution >= 0.6 is 0 Å². The Morgan fingerprint density at radius 2 is 1.30 bits per heavy atom. The highest BCUT2D eigenvalue weighted by molar-refractivity contribution is 5.89. The number of aliphatic carboxylic acids is 3. The van der Waals surface area contributed by atoms with E-state index in [0.717, 1.165) is 42.0 Å². The Kier molecular flexibility index (Phi) is 21.5. The molecule has 0 spiro atoms. The van der Waals surface area contributed by atoms with E-state index in [1.807, 2.05) is 49.4 Å². The maximum atomic E-state index is 13.6. The predicted octanol–water partition coefficient (Wildman–Crippen LogP) is 2.56. The number of carboxylic acid groups (broad SMARTS) is 3. The summed E-state index contributed by atoms with van der Waals surface area (Å²) in [5.74, 6) is -4.94. The Morgan fingerprint density at radius 1 is 0.672 bits per heavy atom. The Morgan fingerprint density at radius 3 is 1.93 bits per heavy atom. The van der Waals surface area contributed by atoms with Gasteiger partial charge < -0.3 is 53.0 Å². The topological polar surface area (TPSA) is 295 Å². The second-order valence-corrected chi connectivity index (χ2v) is 15.7. The first-order valence-corrected chi connectivity index (χ1v) is 21.3. The van der Waals surface area contributed by atoms with E-state index in [2.05, 4.69) is 31.9 Å². The Labute approximate surface area is 355 Å². The van der Waals surface area contributed by atoms with E-state index in [-0.39, 0.29) is 61.8 Å². The van der Waals surface area contributed by atoms with Crippen LogP contribution < -0.4 is 37.6 Å². The van der Waals surface area contributed by atoms with Crippen molar-refractivity contribution in [2.45, 2.75) is 127 Å². The minimum atomic E-state index is -1.52. The van der Waals surface area contributed by atoms with E-state index in [1.54, 1.807) is 0 Å². The summed E-state index contributed by atoms with van der Waals surface area (Å²) in [4.78, 5) is 97.8. The van der Waals surface area contributed by atoms with Crippen molar-refractivity contribution in [3.8, 4) is 0 Å². The lowest BCUT2D eigenvalue weighted by Crippen LogP contribution is -2.51. The molecule has 0 bridgehead atoms. The second-order valence-electron chi connectivity index (χ2n) is 15.7. The fourth-order valence-corrected chi connectivity index (χ4v) is 7.14. The number of unbranched alkanes of at least 4 members (excludes halogenated alkanes) is 3. The van der Waals surface area contributed by atoms with Crippen LogP contribution in [0, 0.1) is 11.8 Å². The summed E-state index contributed by atoms with van der Waals surface area (Å²) >= 11 is 0. The molecule has 6 amide bonds. The van der Waals surface area contributed by atoms with Gasteiger partial charge in [-0.3, -0.25) is 24.0 Å². The first-order chi connectivity index (χ1) is 29.2. The minimum absolute atomic E-state index is 0.0254. The summed E-state index contributed by atoms with van der Waals surface area (Å²) < 4.78 is 0. The summed E-state index contributed by atoms with van der Waals surface area (Å²) in [5, 5.41) is 45.7. The van der Waals surface area contributed by atoms with Crippen molar-refractivity contribution in [2.24, 2.45) is 17.6 Å². The molecule has 1 fully saturated rings. The Bertz CT molecular complexity index is 1800. The van der Waals surface area contributed by atoms with Crippen LogP contribution in [-0.2, 0) is 40.0 Å². The lowest BCUT2D eigenvalue weighted by Gasteiger charge is -2.29. The first kappa shape index (κ1) is 49.6. The van der Waals surface area contributed by atoms with Gasteiger partial charge in [-0.05, 0) is 92.9 Å². The van der Waals surface area contributed by atoms with Crippen LogP contribution in [0.3, 0.4) is 0 Å². The number of fused-ring (bicyclic) bond motifs is 1. The number of carbonyl (C=O) groups is 8. The van der Waals surface area contributed by atoms with Crippen molar-refractivity contribution in [3.05, 3.63) is 48.0 Å². The predicted molar refractivity (Wildman–Crippen MR) is 226 cm³/mol. The average Bonchev–Trinajstić information content (AvgIpc) is 3.24. The summed E-state index contributed by atoms with van der Waals surface area (Å²) in [6.07, 6.45) is 5.88. The molecule has 0 saturated heterocycles. The first-order valence-electron chi connectivity index (χ1n) is 21.3. The fourth-order valence-electron chi connectivity index (χ4n) is 7.14. The molecule has 2 aromatic rings. The standard InChI is InChI=1S/C43H63N7O11/c1-2-32(44)39(55)45-22-8-3-4-13-36(51)47-26-27-14-18-30(19-15-27)38(54)48-35(25-28-16-17-29-10-5-6-11-31(29)24-28)40(56)46-23-9-7-12-33(41(57)58)49-43(61)50-34(42(59)60)20-21-37(52)53/h5-6,10-11,16-17,24,27,30,32-35H,2-4,7-9,12-15,18-23,25-26,44H2,1H3,(H,45,55)(H,46,56)(H,47,51)(H,48,54)(H,52,53)(H,57,58)(H,59,60)(H2,49,50,61)/t27?,30?,32-,33-,34-,35-/m0/s1. The zero-order chi connectivity index (χ0) is 44.7. The van der Waals surface area contributed by atoms with E-state index in [0.29, 0.717) is 51.6 Å². The van der Waals surface area contributed by atoms with Crippen molar-refractivity contribution < 1.29 is 53.7 Å². The fraction of sp³-hybridized carbons (Fsp3) is 0.581. The molecule has 0 unspecified atom stereocenters. The third-order valence-corrected chi connectivity index (χ3v) is 10.9. The third kappa shape index (κ3) is 18.6. The molecule has 11 N–H and O–H groups in total. The van der Waals surface area contributed by atoms with Crippen LogP contribution in [-0.4, -0.2) is 107 Å². The number of nitrogens with one attached hydrogen (secondary N) is 6. The molecule has 1 aliphatic carbocycles. The highest BCUT2D eigenvalue weighted by Gasteiger charge is 2.30. The largest absolute Gasteiger partial charge is 0.481 e. The zero-order valence-electron chi connectivity index (χ0n) is 34.9. The minimum Gasteiger partial charge on any atom is -0.481 e. The lowest BCUT2D eigenvalue weighted by atomic mass is 9.81. The Hall–Kier alpha value is -5.78. The molecule has 18 heteroatoms. The summed E-state index contributed by atoms with van der Waals surface area (Å²) in [6.45, 7) is 3.07. The highest BCUT2D eigenvalue weighted by Crippen LogP contribution is 2.29. The van der Waals surface area contributed by atoms with Crippen LogP contribution in [0.5, 0.6) is 0 Å². The molecule has 336 valence electrons. The van der Waals surface area contributed by atoms with Gasteiger partial charge in [0.1, 0.15) is 18.1 Å². The second kappa shape index (κ2) is 26.4. The molecule has 1 aliphatic rings. The van der Waals surface area contributed by atoms with Crippen LogP contribution in [0.25, 0.3) is 10.8 Å². The number of rotatable bonds is 27. The Balaban J connectivity index is 1.47. The molecule has 0 heterocycles. The molecule has 0 aromatic heterocycles. The van der Waals surface area contributed by atoms with E-state index in [4.69, 9.17) is 10.8 Å². The van der Waals surface area contributed by atoms with Crippen molar-refractivity contribution >= 4 is 58.3 Å². The maximum absolute atomic E-state index is 13.6. The van der Waals surface area contributed by atoms with E-state index in [9.17, 15) is 48.6 Å². The third-order valence-electron chi connectivity index (χ3n) is 10.9. The van der Waals surface area contributed by atoms with E-state index >= 15 is 0 Å². The molecule has 0 radical (unpaired) electrons. The number of hydrogen-bond donors (Lipinski definition) is 10. The molecule has 1 saturated carbocycles. The van der Waals surface area contributed by atoms with E-state index in [1.165, 1.54) is 0 Å². The van der Waals surface area contributed by atoms with Gasteiger partial charge in [0.15, 0.2) is 0 Å². The van der Waals surface area contributed by atoms with Gasteiger partial charge in [-0.1, -0.05) is 55.8 Å². The van der Waals surface area contributed by atoms with Crippen LogP contribution in [0.2, 0.25) is 0 Å². The molecule has 2 aromatic carbocycles. The number of carboxylic acids is 3.